The Morgan fingerprint density at radius 2 is 1.59 bits per heavy atom. The van der Waals surface area contributed by atoms with Crippen molar-refractivity contribution in [2.45, 2.75) is 58.7 Å². The molecule has 3 aromatic rings. The van der Waals surface area contributed by atoms with E-state index in [2.05, 4.69) is 10.6 Å². The van der Waals surface area contributed by atoms with Crippen LogP contribution in [-0.4, -0.2) is 41.0 Å². The molecule has 0 saturated carbocycles. The van der Waals surface area contributed by atoms with Gasteiger partial charge in [0.05, 0.1) is 16.8 Å². The number of ether oxygens (including phenoxy) is 1. The van der Waals surface area contributed by atoms with Crippen molar-refractivity contribution in [1.29, 1.82) is 5.26 Å². The molecular formula is C32H35ClN4O4. The molecule has 0 spiro atoms. The third-order valence-electron chi connectivity index (χ3n) is 6.31. The van der Waals surface area contributed by atoms with Gasteiger partial charge in [-0.2, -0.15) is 5.26 Å². The molecular weight excluding hydrogens is 540 g/mol. The van der Waals surface area contributed by atoms with Crippen molar-refractivity contribution in [3.05, 3.63) is 100 Å². The number of carbonyl (C=O) groups excluding carboxylic acids is 3. The molecule has 3 rings (SSSR count). The zero-order valence-corrected chi connectivity index (χ0v) is 24.7. The molecule has 0 radical (unpaired) electrons. The zero-order valence-electron chi connectivity index (χ0n) is 23.9. The van der Waals surface area contributed by atoms with Gasteiger partial charge >= 0.3 is 6.09 Å². The van der Waals surface area contributed by atoms with Gasteiger partial charge in [0.15, 0.2) is 0 Å². The number of nitrogens with one attached hydrogen (secondary N) is 2. The van der Waals surface area contributed by atoms with E-state index in [4.69, 9.17) is 16.3 Å². The second-order valence-corrected chi connectivity index (χ2v) is 11.1. The number of halogens is 1. The van der Waals surface area contributed by atoms with E-state index in [-0.39, 0.29) is 6.42 Å². The molecule has 0 aliphatic rings. The highest BCUT2D eigenvalue weighted by Crippen LogP contribution is 2.30. The number of hydrogen-bond acceptors (Lipinski definition) is 5. The molecule has 0 bridgehead atoms. The maximum atomic E-state index is 14.3. The smallest absolute Gasteiger partial charge is 0.408 e. The van der Waals surface area contributed by atoms with Gasteiger partial charge in [0.25, 0.3) is 5.91 Å². The average Bonchev–Trinajstić information content (AvgIpc) is 2.90. The van der Waals surface area contributed by atoms with E-state index in [1.165, 1.54) is 4.90 Å². The molecule has 0 aliphatic carbocycles. The van der Waals surface area contributed by atoms with Gasteiger partial charge in [0.1, 0.15) is 24.2 Å². The molecule has 8 nitrogen and oxygen atoms in total. The second-order valence-electron chi connectivity index (χ2n) is 10.7. The molecule has 0 heterocycles. The summed E-state index contributed by atoms with van der Waals surface area (Å²) in [5.74, 6) is -1.16. The lowest BCUT2D eigenvalue weighted by molar-refractivity contribution is -0.140. The third kappa shape index (κ3) is 8.57. The molecule has 0 fully saturated rings. The van der Waals surface area contributed by atoms with Gasteiger partial charge < -0.3 is 20.3 Å². The van der Waals surface area contributed by atoms with Gasteiger partial charge in [0, 0.05) is 6.42 Å². The summed E-state index contributed by atoms with van der Waals surface area (Å²) in [7, 11) is 0. The predicted octanol–water partition coefficient (Wildman–Crippen LogP) is 6.12. The number of aryl methyl sites for hydroxylation is 2. The van der Waals surface area contributed by atoms with Crippen LogP contribution >= 0.6 is 11.6 Å². The first-order valence-corrected chi connectivity index (χ1v) is 13.6. The topological polar surface area (TPSA) is 112 Å². The molecule has 0 saturated heterocycles. The summed E-state index contributed by atoms with van der Waals surface area (Å²) in [4.78, 5) is 42.3. The number of anilines is 1. The SMILES string of the molecule is Cc1ccccc1C(C(=O)Nc1c(C)cccc1Cl)N(CC#N)C(=O)C(Cc1ccccc1)NC(=O)OC(C)(C)C. The summed E-state index contributed by atoms with van der Waals surface area (Å²) < 4.78 is 5.43. The monoisotopic (exact) mass is 574 g/mol. The van der Waals surface area contributed by atoms with Crippen LogP contribution in [0.25, 0.3) is 0 Å². The second kappa shape index (κ2) is 13.8. The summed E-state index contributed by atoms with van der Waals surface area (Å²) in [5, 5.41) is 15.7. The summed E-state index contributed by atoms with van der Waals surface area (Å²) in [6.45, 7) is 8.39. The van der Waals surface area contributed by atoms with Gasteiger partial charge in [-0.05, 0) is 62.9 Å². The van der Waals surface area contributed by atoms with Crippen LogP contribution in [0.2, 0.25) is 5.02 Å². The Morgan fingerprint density at radius 1 is 0.951 bits per heavy atom. The first-order valence-electron chi connectivity index (χ1n) is 13.2. The average molecular weight is 575 g/mol. The molecule has 9 heteroatoms. The summed E-state index contributed by atoms with van der Waals surface area (Å²) >= 11 is 6.40. The fourth-order valence-electron chi connectivity index (χ4n) is 4.40. The van der Waals surface area contributed by atoms with Gasteiger partial charge in [0.2, 0.25) is 5.91 Å². The van der Waals surface area contributed by atoms with Crippen molar-refractivity contribution in [2.24, 2.45) is 0 Å². The molecule has 2 N–H and O–H groups in total. The largest absolute Gasteiger partial charge is 0.444 e. The number of nitriles is 1. The van der Waals surface area contributed by atoms with Crippen molar-refractivity contribution < 1.29 is 19.1 Å². The number of para-hydroxylation sites is 1. The fourth-order valence-corrected chi connectivity index (χ4v) is 4.67. The lowest BCUT2D eigenvalue weighted by atomic mass is 9.97. The highest BCUT2D eigenvalue weighted by atomic mass is 35.5. The van der Waals surface area contributed by atoms with Crippen LogP contribution in [0.3, 0.4) is 0 Å². The Bertz CT molecular complexity index is 1410. The van der Waals surface area contributed by atoms with Gasteiger partial charge in [-0.15, -0.1) is 0 Å². The molecule has 3 amide bonds. The van der Waals surface area contributed by atoms with Crippen LogP contribution in [-0.2, 0) is 20.7 Å². The number of rotatable bonds is 9. The third-order valence-corrected chi connectivity index (χ3v) is 6.62. The number of benzene rings is 3. The highest BCUT2D eigenvalue weighted by molar-refractivity contribution is 6.34. The normalized spacial score (nSPS) is 12.4. The lowest BCUT2D eigenvalue weighted by Crippen LogP contribution is -2.53. The summed E-state index contributed by atoms with van der Waals surface area (Å²) in [6.07, 6.45) is -0.667. The maximum absolute atomic E-state index is 14.3. The standard InChI is InChI=1S/C32H35ClN4O4/c1-21-12-9-10-16-24(21)28(29(38)36-27-22(2)13-11-17-25(27)33)37(19-18-34)30(39)26(20-23-14-7-6-8-15-23)35-31(40)41-32(3,4)5/h6-17,26,28H,19-20H2,1-5H3,(H,35,40)(H,36,38). The van der Waals surface area contributed by atoms with Gasteiger partial charge in [-0.1, -0.05) is 78.3 Å². The maximum Gasteiger partial charge on any atom is 0.408 e. The number of nitrogens with zero attached hydrogens (tertiary/aromatic N) is 2. The van der Waals surface area contributed by atoms with E-state index in [1.54, 1.807) is 45.0 Å². The Morgan fingerprint density at radius 3 is 2.20 bits per heavy atom. The van der Waals surface area contributed by atoms with Crippen LogP contribution < -0.4 is 10.6 Å². The minimum Gasteiger partial charge on any atom is -0.444 e. The molecule has 0 aliphatic heterocycles. The number of amides is 3. The van der Waals surface area contributed by atoms with E-state index in [1.807, 2.05) is 68.4 Å². The minimum absolute atomic E-state index is 0.118. The molecule has 0 aromatic heterocycles. The molecule has 2 unspecified atom stereocenters. The van der Waals surface area contributed by atoms with E-state index < -0.39 is 42.1 Å². The van der Waals surface area contributed by atoms with E-state index in [9.17, 15) is 19.6 Å². The quantitative estimate of drug-likeness (QED) is 0.299. The van der Waals surface area contributed by atoms with Crippen molar-refractivity contribution >= 4 is 35.2 Å². The van der Waals surface area contributed by atoms with E-state index in [0.717, 1.165) is 16.7 Å². The van der Waals surface area contributed by atoms with Crippen LogP contribution in [0.4, 0.5) is 10.5 Å². The van der Waals surface area contributed by atoms with Crippen LogP contribution in [0, 0.1) is 25.2 Å². The zero-order chi connectivity index (χ0) is 30.2. The van der Waals surface area contributed by atoms with Crippen LogP contribution in [0.15, 0.2) is 72.8 Å². The van der Waals surface area contributed by atoms with E-state index >= 15 is 0 Å². The Balaban J connectivity index is 2.08. The van der Waals surface area contributed by atoms with Crippen LogP contribution in [0.1, 0.15) is 49.1 Å². The summed E-state index contributed by atoms with van der Waals surface area (Å²) in [5.41, 5.74) is 2.42. The molecule has 2 atom stereocenters. The van der Waals surface area contributed by atoms with Crippen molar-refractivity contribution in [3.63, 3.8) is 0 Å². The first-order chi connectivity index (χ1) is 19.4. The number of carbonyl (C=O) groups is 3. The van der Waals surface area contributed by atoms with Gasteiger partial charge in [-0.3, -0.25) is 9.59 Å². The Labute approximate surface area is 246 Å². The molecule has 41 heavy (non-hydrogen) atoms. The lowest BCUT2D eigenvalue weighted by Gasteiger charge is -2.33. The highest BCUT2D eigenvalue weighted by Gasteiger charge is 2.37. The number of hydrogen-bond donors (Lipinski definition) is 2. The minimum atomic E-state index is -1.20. The van der Waals surface area contributed by atoms with Crippen molar-refractivity contribution in [2.75, 3.05) is 11.9 Å². The summed E-state index contributed by atoms with van der Waals surface area (Å²) in [6, 6.07) is 21.3. The van der Waals surface area contributed by atoms with Crippen LogP contribution in [0.5, 0.6) is 0 Å². The van der Waals surface area contributed by atoms with Crippen molar-refractivity contribution in [3.8, 4) is 6.07 Å². The molecule has 214 valence electrons. The fraction of sp³-hybridized carbons (Fsp3) is 0.312. The van der Waals surface area contributed by atoms with Crippen molar-refractivity contribution in [1.82, 2.24) is 10.2 Å². The Kier molecular flexibility index (Phi) is 10.5. The molecule has 3 aromatic carbocycles. The first kappa shape index (κ1) is 31.2. The predicted molar refractivity (Wildman–Crippen MR) is 159 cm³/mol. The number of alkyl carbamates (subject to hydrolysis) is 1. The van der Waals surface area contributed by atoms with E-state index in [0.29, 0.717) is 16.3 Å². The Hall–Kier alpha value is -4.35. The van der Waals surface area contributed by atoms with Gasteiger partial charge in [-0.25, -0.2) is 4.79 Å².